The quantitative estimate of drug-likeness (QED) is 0.267. The maximum Gasteiger partial charge on any atom is 0.251 e. The maximum atomic E-state index is 14.2. The first-order valence-electron chi connectivity index (χ1n) is 13.4. The Kier molecular flexibility index (Phi) is 6.92. The lowest BCUT2D eigenvalue weighted by Crippen LogP contribution is -2.42. The van der Waals surface area contributed by atoms with Gasteiger partial charge in [-0.05, 0) is 59.7 Å². The minimum Gasteiger partial charge on any atom is -0.454 e. The summed E-state index contributed by atoms with van der Waals surface area (Å²) in [6.07, 6.45) is 0. The third kappa shape index (κ3) is 5.38. The Bertz CT molecular complexity index is 1840. The molecule has 1 aromatic heterocycles. The number of benzene rings is 4. The molecule has 3 heterocycles. The molecular formula is C31H24ClN5O6. The molecule has 43 heavy (non-hydrogen) atoms. The predicted molar refractivity (Wildman–Crippen MR) is 156 cm³/mol. The van der Waals surface area contributed by atoms with Gasteiger partial charge >= 0.3 is 0 Å². The number of carbonyl (C=O) groups excluding carboxylic acids is 2. The van der Waals surface area contributed by atoms with Crippen molar-refractivity contribution in [3.63, 3.8) is 0 Å². The molecule has 0 bridgehead atoms. The number of anilines is 1. The van der Waals surface area contributed by atoms with Gasteiger partial charge in [-0.25, -0.2) is 4.68 Å². The molecule has 2 aliphatic heterocycles. The third-order valence-corrected chi connectivity index (χ3v) is 7.46. The molecule has 0 saturated heterocycles. The van der Waals surface area contributed by atoms with E-state index in [9.17, 15) is 9.59 Å². The second-order valence-electron chi connectivity index (χ2n) is 9.96. The van der Waals surface area contributed by atoms with Crippen LogP contribution in [0.25, 0.3) is 11.0 Å². The number of rotatable bonds is 8. The van der Waals surface area contributed by atoms with E-state index in [2.05, 4.69) is 15.6 Å². The number of hydrogen-bond acceptors (Lipinski definition) is 8. The summed E-state index contributed by atoms with van der Waals surface area (Å²) in [6, 6.07) is 23.8. The van der Waals surface area contributed by atoms with E-state index in [1.54, 1.807) is 48.5 Å². The Hall–Kier alpha value is -5.29. The Labute approximate surface area is 250 Å². The van der Waals surface area contributed by atoms with Crippen molar-refractivity contribution in [1.29, 1.82) is 0 Å². The lowest BCUT2D eigenvalue weighted by atomic mass is 10.0. The van der Waals surface area contributed by atoms with Gasteiger partial charge in [-0.15, -0.1) is 5.10 Å². The van der Waals surface area contributed by atoms with Crippen molar-refractivity contribution >= 4 is 40.1 Å². The van der Waals surface area contributed by atoms with Crippen LogP contribution < -0.4 is 24.3 Å². The summed E-state index contributed by atoms with van der Waals surface area (Å²) in [5, 5.41) is 11.9. The van der Waals surface area contributed by atoms with E-state index in [0.29, 0.717) is 50.3 Å². The Morgan fingerprint density at radius 1 is 0.860 bits per heavy atom. The molecule has 7 rings (SSSR count). The molecule has 1 atom stereocenters. The largest absolute Gasteiger partial charge is 0.454 e. The Morgan fingerprint density at radius 2 is 1.56 bits per heavy atom. The van der Waals surface area contributed by atoms with E-state index in [4.69, 9.17) is 30.5 Å². The van der Waals surface area contributed by atoms with Gasteiger partial charge in [0.05, 0.1) is 5.52 Å². The fourth-order valence-electron chi connectivity index (χ4n) is 5.10. The number of aromatic nitrogens is 3. The zero-order valence-corrected chi connectivity index (χ0v) is 23.4. The van der Waals surface area contributed by atoms with Gasteiger partial charge in [0.2, 0.25) is 19.5 Å². The summed E-state index contributed by atoms with van der Waals surface area (Å²) in [5.74, 6) is 1.36. The van der Waals surface area contributed by atoms with Crippen LogP contribution in [0.1, 0.15) is 17.2 Å². The van der Waals surface area contributed by atoms with Crippen molar-refractivity contribution < 1.29 is 28.5 Å². The second-order valence-corrected chi connectivity index (χ2v) is 10.4. The van der Waals surface area contributed by atoms with Gasteiger partial charge < -0.3 is 29.2 Å². The highest BCUT2D eigenvalue weighted by molar-refractivity contribution is 6.30. The van der Waals surface area contributed by atoms with E-state index >= 15 is 0 Å². The molecule has 0 spiro atoms. The molecule has 0 fully saturated rings. The van der Waals surface area contributed by atoms with Crippen LogP contribution in [0.3, 0.4) is 0 Å². The van der Waals surface area contributed by atoms with Crippen molar-refractivity contribution in [2.45, 2.75) is 19.1 Å². The van der Waals surface area contributed by atoms with Gasteiger partial charge in [0.1, 0.15) is 18.1 Å². The van der Waals surface area contributed by atoms with Crippen LogP contribution in [0.2, 0.25) is 5.02 Å². The number of halogens is 1. The van der Waals surface area contributed by atoms with Crippen LogP contribution in [0.5, 0.6) is 23.0 Å². The van der Waals surface area contributed by atoms with Crippen molar-refractivity contribution in [2.75, 3.05) is 18.9 Å². The summed E-state index contributed by atoms with van der Waals surface area (Å²) in [5.41, 5.74) is 3.16. The van der Waals surface area contributed by atoms with Crippen LogP contribution in [-0.2, 0) is 22.7 Å². The predicted octanol–water partition coefficient (Wildman–Crippen LogP) is 4.95. The molecule has 0 radical (unpaired) electrons. The molecule has 4 aromatic carbocycles. The number of hydrogen-bond donors (Lipinski definition) is 1. The fourth-order valence-corrected chi connectivity index (χ4v) is 5.23. The van der Waals surface area contributed by atoms with Crippen LogP contribution in [0.15, 0.2) is 84.9 Å². The smallest absolute Gasteiger partial charge is 0.251 e. The van der Waals surface area contributed by atoms with E-state index in [1.807, 2.05) is 36.4 Å². The Morgan fingerprint density at radius 3 is 2.35 bits per heavy atom. The fraction of sp³-hybridized carbons (Fsp3) is 0.161. The lowest BCUT2D eigenvalue weighted by molar-refractivity contribution is -0.140. The molecule has 11 nitrogen and oxygen atoms in total. The highest BCUT2D eigenvalue weighted by Crippen LogP contribution is 2.38. The molecule has 216 valence electrons. The van der Waals surface area contributed by atoms with Crippen LogP contribution >= 0.6 is 11.6 Å². The second kappa shape index (κ2) is 11.2. The highest BCUT2D eigenvalue weighted by Gasteiger charge is 2.34. The average Bonchev–Trinajstić information content (AvgIpc) is 3.77. The Balaban J connectivity index is 1.28. The molecule has 5 aromatic rings. The molecule has 2 amide bonds. The zero-order chi connectivity index (χ0) is 29.3. The highest BCUT2D eigenvalue weighted by atomic mass is 35.5. The van der Waals surface area contributed by atoms with Gasteiger partial charge in [-0.2, -0.15) is 0 Å². The molecule has 2 aliphatic rings. The normalized spacial score (nSPS) is 13.6. The summed E-state index contributed by atoms with van der Waals surface area (Å²) < 4.78 is 23.5. The van der Waals surface area contributed by atoms with Crippen LogP contribution in [0, 0.1) is 0 Å². The summed E-state index contributed by atoms with van der Waals surface area (Å²) in [6.45, 7) is 0.134. The summed E-state index contributed by atoms with van der Waals surface area (Å²) in [7, 11) is 0. The first-order valence-corrected chi connectivity index (χ1v) is 13.8. The van der Waals surface area contributed by atoms with Crippen molar-refractivity contribution in [3.05, 3.63) is 101 Å². The van der Waals surface area contributed by atoms with Gasteiger partial charge in [-0.1, -0.05) is 47.1 Å². The molecule has 0 saturated carbocycles. The SMILES string of the molecule is O=C(Nc1ccc2c(c1)OCO2)C(c1ccc2c(c1)OCO2)N(Cc1ccc(Cl)cc1)C(=O)Cn1nnc2ccccc21. The van der Waals surface area contributed by atoms with E-state index in [-0.39, 0.29) is 32.6 Å². The van der Waals surface area contributed by atoms with Crippen LogP contribution in [0.4, 0.5) is 5.69 Å². The minimum absolute atomic E-state index is 0.0691. The first kappa shape index (κ1) is 26.6. The summed E-state index contributed by atoms with van der Waals surface area (Å²) >= 11 is 6.15. The number of ether oxygens (including phenoxy) is 4. The van der Waals surface area contributed by atoms with E-state index in [1.165, 1.54) is 9.58 Å². The van der Waals surface area contributed by atoms with E-state index in [0.717, 1.165) is 5.56 Å². The van der Waals surface area contributed by atoms with Crippen LogP contribution in [-0.4, -0.2) is 45.3 Å². The zero-order valence-electron chi connectivity index (χ0n) is 22.6. The molecule has 0 aliphatic carbocycles. The van der Waals surface area contributed by atoms with Crippen molar-refractivity contribution in [3.8, 4) is 23.0 Å². The van der Waals surface area contributed by atoms with Crippen molar-refractivity contribution in [2.24, 2.45) is 0 Å². The standard InChI is InChI=1S/C31H24ClN5O6/c32-21-8-5-19(6-9-21)15-36(29(38)16-37-24-4-2-1-3-23(24)34-35-37)30(20-7-11-25-27(13-20)42-17-40-25)31(39)33-22-10-12-26-28(14-22)43-18-41-26/h1-14,30H,15-18H2,(H,33,39). The topological polar surface area (TPSA) is 117 Å². The van der Waals surface area contributed by atoms with Crippen molar-refractivity contribution in [1.82, 2.24) is 19.9 Å². The maximum absolute atomic E-state index is 14.2. The molecule has 1 N–H and O–H groups in total. The number of nitrogens with one attached hydrogen (secondary N) is 1. The minimum atomic E-state index is -1.07. The average molecular weight is 598 g/mol. The first-order chi connectivity index (χ1) is 21.0. The summed E-state index contributed by atoms with van der Waals surface area (Å²) in [4.78, 5) is 30.0. The number of fused-ring (bicyclic) bond motifs is 3. The van der Waals surface area contributed by atoms with Gasteiger partial charge in [0.15, 0.2) is 23.0 Å². The number of amides is 2. The molecule has 12 heteroatoms. The lowest BCUT2D eigenvalue weighted by Gasteiger charge is -2.32. The third-order valence-electron chi connectivity index (χ3n) is 7.20. The number of nitrogens with zero attached hydrogens (tertiary/aromatic N) is 4. The van der Waals surface area contributed by atoms with Gasteiger partial charge in [-0.3, -0.25) is 9.59 Å². The number of para-hydroxylation sites is 1. The molecule has 1 unspecified atom stereocenters. The van der Waals surface area contributed by atoms with Gasteiger partial charge in [0.25, 0.3) is 5.91 Å². The van der Waals surface area contributed by atoms with Gasteiger partial charge in [0, 0.05) is 23.3 Å². The monoisotopic (exact) mass is 597 g/mol. The number of carbonyl (C=O) groups is 2. The molecular weight excluding hydrogens is 574 g/mol. The van der Waals surface area contributed by atoms with E-state index < -0.39 is 11.9 Å².